The largest absolute Gasteiger partial charge is 0.488 e. The van der Waals surface area contributed by atoms with E-state index in [2.05, 4.69) is 21.4 Å². The van der Waals surface area contributed by atoms with Crippen molar-refractivity contribution in [3.8, 4) is 5.75 Å². The third kappa shape index (κ3) is 3.50. The third-order valence-electron chi connectivity index (χ3n) is 2.94. The molecule has 0 saturated heterocycles. The summed E-state index contributed by atoms with van der Waals surface area (Å²) in [7, 11) is 0. The SMILES string of the molecule is Cc1ccc(OCc2cccc([N+](=O)[O-])c2NN)c(Br)c1. The molecule has 7 heteroatoms. The van der Waals surface area contributed by atoms with Gasteiger partial charge in [-0.2, -0.15) is 0 Å². The van der Waals surface area contributed by atoms with Gasteiger partial charge in [-0.3, -0.25) is 16.0 Å². The Morgan fingerprint density at radius 1 is 1.38 bits per heavy atom. The number of halogens is 1. The maximum Gasteiger partial charge on any atom is 0.294 e. The summed E-state index contributed by atoms with van der Waals surface area (Å²) in [6, 6.07) is 10.4. The summed E-state index contributed by atoms with van der Waals surface area (Å²) in [4.78, 5) is 10.5. The average molecular weight is 352 g/mol. The van der Waals surface area contributed by atoms with Gasteiger partial charge in [0, 0.05) is 11.6 Å². The first-order chi connectivity index (χ1) is 10.0. The van der Waals surface area contributed by atoms with Crippen molar-refractivity contribution in [2.75, 3.05) is 5.43 Å². The molecule has 2 aromatic carbocycles. The number of hydrazine groups is 1. The number of para-hydroxylation sites is 1. The Morgan fingerprint density at radius 3 is 2.76 bits per heavy atom. The number of rotatable bonds is 5. The molecule has 0 aromatic heterocycles. The number of benzene rings is 2. The van der Waals surface area contributed by atoms with E-state index in [0.717, 1.165) is 10.0 Å². The van der Waals surface area contributed by atoms with Crippen LogP contribution in [0.15, 0.2) is 40.9 Å². The molecule has 2 rings (SSSR count). The predicted molar refractivity (Wildman–Crippen MR) is 84.1 cm³/mol. The standard InChI is InChI=1S/C14H14BrN3O3/c1-9-5-6-13(11(15)7-9)21-8-10-3-2-4-12(18(19)20)14(10)17-16/h2-7,17H,8,16H2,1H3. The van der Waals surface area contributed by atoms with Gasteiger partial charge in [0.2, 0.25) is 0 Å². The predicted octanol–water partition coefficient (Wildman–Crippen LogP) is 3.53. The number of ether oxygens (including phenoxy) is 1. The molecular formula is C14H14BrN3O3. The van der Waals surface area contributed by atoms with E-state index in [1.807, 2.05) is 25.1 Å². The van der Waals surface area contributed by atoms with Gasteiger partial charge in [-0.25, -0.2) is 0 Å². The summed E-state index contributed by atoms with van der Waals surface area (Å²) in [6.07, 6.45) is 0. The zero-order valence-electron chi connectivity index (χ0n) is 11.3. The minimum absolute atomic E-state index is 0.0819. The minimum atomic E-state index is -0.486. The van der Waals surface area contributed by atoms with Crippen LogP contribution in [-0.4, -0.2) is 4.92 Å². The van der Waals surface area contributed by atoms with E-state index in [1.165, 1.54) is 6.07 Å². The number of nitrogen functional groups attached to an aromatic ring is 1. The molecule has 0 fully saturated rings. The molecule has 6 nitrogen and oxygen atoms in total. The molecule has 0 atom stereocenters. The first-order valence-electron chi connectivity index (χ1n) is 6.14. The molecule has 0 amide bonds. The van der Waals surface area contributed by atoms with Gasteiger partial charge in [0.1, 0.15) is 18.0 Å². The van der Waals surface area contributed by atoms with Gasteiger partial charge < -0.3 is 10.2 Å². The summed E-state index contributed by atoms with van der Waals surface area (Å²) in [5.41, 5.74) is 4.26. The molecule has 0 aliphatic heterocycles. The van der Waals surface area contributed by atoms with E-state index >= 15 is 0 Å². The van der Waals surface area contributed by atoms with E-state index in [-0.39, 0.29) is 18.0 Å². The molecule has 2 aromatic rings. The lowest BCUT2D eigenvalue weighted by Gasteiger charge is -2.12. The van der Waals surface area contributed by atoms with E-state index in [1.54, 1.807) is 12.1 Å². The molecule has 0 aliphatic carbocycles. The van der Waals surface area contributed by atoms with Crippen molar-refractivity contribution in [3.05, 3.63) is 62.1 Å². The minimum Gasteiger partial charge on any atom is -0.488 e. The van der Waals surface area contributed by atoms with Crippen molar-refractivity contribution < 1.29 is 9.66 Å². The Kier molecular flexibility index (Phi) is 4.77. The average Bonchev–Trinajstić information content (AvgIpc) is 2.45. The van der Waals surface area contributed by atoms with Gasteiger partial charge in [-0.05, 0) is 40.5 Å². The lowest BCUT2D eigenvalue weighted by molar-refractivity contribution is -0.384. The molecule has 3 N–H and O–H groups in total. The molecule has 110 valence electrons. The topological polar surface area (TPSA) is 90.4 Å². The number of anilines is 1. The molecule has 0 heterocycles. The molecule has 0 spiro atoms. The van der Waals surface area contributed by atoms with Crippen molar-refractivity contribution >= 4 is 27.3 Å². The third-order valence-corrected chi connectivity index (χ3v) is 3.56. The highest BCUT2D eigenvalue weighted by Crippen LogP contribution is 2.30. The van der Waals surface area contributed by atoms with Crippen molar-refractivity contribution in [2.45, 2.75) is 13.5 Å². The van der Waals surface area contributed by atoms with Crippen molar-refractivity contribution in [3.63, 3.8) is 0 Å². The van der Waals surface area contributed by atoms with Gasteiger partial charge in [-0.15, -0.1) is 0 Å². The van der Waals surface area contributed by atoms with Crippen LogP contribution in [0.25, 0.3) is 0 Å². The van der Waals surface area contributed by atoms with Crippen molar-refractivity contribution in [2.24, 2.45) is 5.84 Å². The molecule has 0 saturated carbocycles. The first kappa shape index (κ1) is 15.3. The zero-order valence-corrected chi connectivity index (χ0v) is 12.9. The van der Waals surface area contributed by atoms with Gasteiger partial charge in [-0.1, -0.05) is 18.2 Å². The number of nitrogens with two attached hydrogens (primary N) is 1. The van der Waals surface area contributed by atoms with Crippen LogP contribution in [-0.2, 0) is 6.61 Å². The van der Waals surface area contributed by atoms with Crippen LogP contribution in [0.1, 0.15) is 11.1 Å². The van der Waals surface area contributed by atoms with Gasteiger partial charge in [0.25, 0.3) is 5.69 Å². The fraction of sp³-hybridized carbons (Fsp3) is 0.143. The summed E-state index contributed by atoms with van der Waals surface area (Å²) in [5, 5.41) is 11.0. The van der Waals surface area contributed by atoms with E-state index in [4.69, 9.17) is 10.6 Å². The molecular weight excluding hydrogens is 338 g/mol. The number of aryl methyl sites for hydroxylation is 1. The highest BCUT2D eigenvalue weighted by molar-refractivity contribution is 9.10. The van der Waals surface area contributed by atoms with Crippen LogP contribution >= 0.6 is 15.9 Å². The molecule has 0 aliphatic rings. The second-order valence-corrected chi connectivity index (χ2v) is 5.29. The van der Waals surface area contributed by atoms with Crippen molar-refractivity contribution in [1.29, 1.82) is 0 Å². The number of hydrogen-bond donors (Lipinski definition) is 2. The quantitative estimate of drug-likeness (QED) is 0.488. The smallest absolute Gasteiger partial charge is 0.294 e. The number of nitro groups is 1. The molecule has 0 bridgehead atoms. The highest BCUT2D eigenvalue weighted by Gasteiger charge is 2.17. The Balaban J connectivity index is 2.24. The number of nitrogens with zero attached hydrogens (tertiary/aromatic N) is 1. The van der Waals surface area contributed by atoms with Crippen molar-refractivity contribution in [1.82, 2.24) is 0 Å². The van der Waals surface area contributed by atoms with Crippen LogP contribution in [0.2, 0.25) is 0 Å². The van der Waals surface area contributed by atoms with Crippen LogP contribution in [0, 0.1) is 17.0 Å². The maximum atomic E-state index is 11.0. The van der Waals surface area contributed by atoms with Gasteiger partial charge in [0.05, 0.1) is 9.40 Å². The van der Waals surface area contributed by atoms with E-state index in [0.29, 0.717) is 11.3 Å². The first-order valence-corrected chi connectivity index (χ1v) is 6.94. The van der Waals surface area contributed by atoms with E-state index < -0.39 is 4.92 Å². The van der Waals surface area contributed by atoms with Crippen LogP contribution in [0.5, 0.6) is 5.75 Å². The second kappa shape index (κ2) is 6.55. The number of hydrogen-bond acceptors (Lipinski definition) is 5. The number of nitro benzene ring substituents is 1. The fourth-order valence-electron chi connectivity index (χ4n) is 1.90. The molecule has 21 heavy (non-hydrogen) atoms. The lowest BCUT2D eigenvalue weighted by Crippen LogP contribution is -2.12. The monoisotopic (exact) mass is 351 g/mol. The van der Waals surface area contributed by atoms with E-state index in [9.17, 15) is 10.1 Å². The lowest BCUT2D eigenvalue weighted by atomic mass is 10.1. The Labute approximate surface area is 130 Å². The number of nitrogens with one attached hydrogen (secondary N) is 1. The van der Waals surface area contributed by atoms with Crippen LogP contribution in [0.3, 0.4) is 0 Å². The molecule has 0 radical (unpaired) electrons. The second-order valence-electron chi connectivity index (χ2n) is 4.44. The van der Waals surface area contributed by atoms with Gasteiger partial charge >= 0.3 is 0 Å². The Morgan fingerprint density at radius 2 is 2.14 bits per heavy atom. The summed E-state index contributed by atoms with van der Waals surface area (Å²) >= 11 is 3.42. The Hall–Kier alpha value is -2.12. The Bertz CT molecular complexity index is 677. The zero-order chi connectivity index (χ0) is 15.4. The summed E-state index contributed by atoms with van der Waals surface area (Å²) < 4.78 is 6.52. The highest BCUT2D eigenvalue weighted by atomic mass is 79.9. The van der Waals surface area contributed by atoms with Gasteiger partial charge in [0.15, 0.2) is 0 Å². The molecule has 0 unspecified atom stereocenters. The summed E-state index contributed by atoms with van der Waals surface area (Å²) in [5.74, 6) is 6.05. The maximum absolute atomic E-state index is 11.0. The fourth-order valence-corrected chi connectivity index (χ4v) is 2.51. The summed E-state index contributed by atoms with van der Waals surface area (Å²) in [6.45, 7) is 2.15. The normalized spacial score (nSPS) is 10.2. The van der Waals surface area contributed by atoms with Crippen LogP contribution < -0.4 is 16.0 Å². The van der Waals surface area contributed by atoms with Crippen LogP contribution in [0.4, 0.5) is 11.4 Å².